The maximum Gasteiger partial charge on any atom is 0.222 e. The molecule has 0 heterocycles. The molecule has 1 N–H and O–H groups in total. The van der Waals surface area contributed by atoms with Crippen LogP contribution in [0.1, 0.15) is 12.0 Å². The van der Waals surface area contributed by atoms with Gasteiger partial charge in [-0.2, -0.15) is 10.5 Å². The van der Waals surface area contributed by atoms with Gasteiger partial charge in [0.05, 0.1) is 0 Å². The molecule has 5 heteroatoms. The molecule has 0 radical (unpaired) electrons. The Morgan fingerprint density at radius 2 is 1.85 bits per heavy atom. The van der Waals surface area contributed by atoms with Gasteiger partial charge in [-0.15, -0.1) is 0 Å². The number of amides is 1. The van der Waals surface area contributed by atoms with E-state index in [4.69, 9.17) is 10.5 Å². The number of nitrogens with zero attached hydrogens (tertiary/aromatic N) is 3. The molecule has 0 spiro atoms. The van der Waals surface area contributed by atoms with Crippen molar-refractivity contribution in [2.45, 2.75) is 12.8 Å². The van der Waals surface area contributed by atoms with Crippen LogP contribution < -0.4 is 5.32 Å². The molecule has 5 nitrogen and oxygen atoms in total. The van der Waals surface area contributed by atoms with Gasteiger partial charge in [-0.3, -0.25) is 4.79 Å². The maximum absolute atomic E-state index is 11.5. The summed E-state index contributed by atoms with van der Waals surface area (Å²) in [5.74, 6) is 0.0998. The Hall–Kier alpha value is -2.79. The highest BCUT2D eigenvalue weighted by molar-refractivity contribution is 5.75. The molecule has 1 amide bonds. The SMILES string of the molecule is CN(C)C(=O)CCc1ccc(NC=C(C#N)C#N)cc1. The highest BCUT2D eigenvalue weighted by Gasteiger charge is 2.04. The molecular formula is C15H16N4O. The summed E-state index contributed by atoms with van der Waals surface area (Å²) in [7, 11) is 3.48. The second-order valence-electron chi connectivity index (χ2n) is 4.41. The fourth-order valence-corrected chi connectivity index (χ4v) is 1.49. The van der Waals surface area contributed by atoms with E-state index in [9.17, 15) is 4.79 Å². The minimum absolute atomic E-state index is 0.0191. The third-order valence-corrected chi connectivity index (χ3v) is 2.70. The Kier molecular flexibility index (Phi) is 5.80. The van der Waals surface area contributed by atoms with E-state index < -0.39 is 0 Å². The number of hydrogen-bond acceptors (Lipinski definition) is 4. The first-order valence-electron chi connectivity index (χ1n) is 6.13. The minimum Gasteiger partial charge on any atom is -0.360 e. The standard InChI is InChI=1S/C15H16N4O/c1-19(2)15(20)8-5-12-3-6-14(7-4-12)18-11-13(9-16)10-17/h3-4,6-7,11,18H,5,8H2,1-2H3. The molecule has 0 saturated heterocycles. The molecule has 0 unspecified atom stereocenters. The molecule has 0 aromatic heterocycles. The van der Waals surface area contributed by atoms with Crippen LogP contribution in [-0.4, -0.2) is 24.9 Å². The first kappa shape index (κ1) is 15.3. The van der Waals surface area contributed by atoms with Crippen LogP contribution in [0.2, 0.25) is 0 Å². The lowest BCUT2D eigenvalue weighted by molar-refractivity contribution is -0.128. The minimum atomic E-state index is 0.0191. The number of nitrogens with one attached hydrogen (secondary N) is 1. The van der Waals surface area contributed by atoms with Crippen LogP contribution in [0.15, 0.2) is 36.0 Å². The quantitative estimate of drug-likeness (QED) is 0.829. The number of aryl methyl sites for hydroxylation is 1. The Bertz CT molecular complexity index is 557. The summed E-state index contributed by atoms with van der Waals surface area (Å²) in [6, 6.07) is 11.1. The van der Waals surface area contributed by atoms with E-state index in [0.29, 0.717) is 12.8 Å². The van der Waals surface area contributed by atoms with Gasteiger partial charge in [-0.25, -0.2) is 0 Å². The van der Waals surface area contributed by atoms with Crippen molar-refractivity contribution in [3.8, 4) is 12.1 Å². The normalized spacial score (nSPS) is 9.00. The number of nitriles is 2. The zero-order valence-electron chi connectivity index (χ0n) is 11.6. The van der Waals surface area contributed by atoms with Crippen LogP contribution >= 0.6 is 0 Å². The number of benzene rings is 1. The summed E-state index contributed by atoms with van der Waals surface area (Å²) in [5, 5.41) is 20.1. The molecule has 1 aromatic rings. The van der Waals surface area contributed by atoms with E-state index in [-0.39, 0.29) is 11.5 Å². The molecule has 0 saturated carbocycles. The molecule has 1 rings (SSSR count). The summed E-state index contributed by atoms with van der Waals surface area (Å²) in [4.78, 5) is 13.0. The van der Waals surface area contributed by atoms with Crippen LogP contribution in [0, 0.1) is 22.7 Å². The van der Waals surface area contributed by atoms with E-state index in [2.05, 4.69) is 5.32 Å². The zero-order chi connectivity index (χ0) is 15.0. The number of anilines is 1. The topological polar surface area (TPSA) is 79.9 Å². The first-order chi connectivity index (χ1) is 9.56. The average molecular weight is 268 g/mol. The zero-order valence-corrected chi connectivity index (χ0v) is 11.6. The van der Waals surface area contributed by atoms with E-state index in [0.717, 1.165) is 11.3 Å². The molecular weight excluding hydrogens is 252 g/mol. The summed E-state index contributed by atoms with van der Waals surface area (Å²) < 4.78 is 0. The monoisotopic (exact) mass is 268 g/mol. The number of rotatable bonds is 5. The fourth-order valence-electron chi connectivity index (χ4n) is 1.49. The number of carbonyl (C=O) groups is 1. The second-order valence-corrected chi connectivity index (χ2v) is 4.41. The van der Waals surface area contributed by atoms with Crippen molar-refractivity contribution >= 4 is 11.6 Å². The molecule has 0 bridgehead atoms. The van der Waals surface area contributed by atoms with Crippen LogP contribution in [0.4, 0.5) is 5.69 Å². The lowest BCUT2D eigenvalue weighted by Crippen LogP contribution is -2.21. The Balaban J connectivity index is 2.57. The van der Waals surface area contributed by atoms with E-state index in [1.54, 1.807) is 31.1 Å². The van der Waals surface area contributed by atoms with E-state index in [1.807, 2.05) is 24.3 Å². The van der Waals surface area contributed by atoms with Gasteiger partial charge in [-0.1, -0.05) is 12.1 Å². The third-order valence-electron chi connectivity index (χ3n) is 2.70. The second kappa shape index (κ2) is 7.60. The molecule has 20 heavy (non-hydrogen) atoms. The van der Waals surface area contributed by atoms with Crippen molar-refractivity contribution in [3.05, 3.63) is 41.6 Å². The molecule has 1 aromatic carbocycles. The number of hydrogen-bond donors (Lipinski definition) is 1. The fraction of sp³-hybridized carbons (Fsp3) is 0.267. The van der Waals surface area contributed by atoms with Gasteiger partial charge in [0.25, 0.3) is 0 Å². The van der Waals surface area contributed by atoms with Gasteiger partial charge in [0.15, 0.2) is 0 Å². The van der Waals surface area contributed by atoms with Crippen molar-refractivity contribution in [2.24, 2.45) is 0 Å². The average Bonchev–Trinajstić information content (AvgIpc) is 2.46. The van der Waals surface area contributed by atoms with Crippen molar-refractivity contribution < 1.29 is 4.79 Å². The molecule has 0 aliphatic rings. The predicted molar refractivity (Wildman–Crippen MR) is 76.4 cm³/mol. The van der Waals surface area contributed by atoms with Gasteiger partial charge in [0, 0.05) is 32.4 Å². The third kappa shape index (κ3) is 4.83. The Morgan fingerprint density at radius 1 is 1.25 bits per heavy atom. The highest BCUT2D eigenvalue weighted by Crippen LogP contribution is 2.12. The van der Waals surface area contributed by atoms with Crippen LogP contribution in [0.5, 0.6) is 0 Å². The van der Waals surface area contributed by atoms with Crippen molar-refractivity contribution in [2.75, 3.05) is 19.4 Å². The van der Waals surface area contributed by atoms with E-state index in [1.165, 1.54) is 6.20 Å². The van der Waals surface area contributed by atoms with Crippen molar-refractivity contribution in [1.29, 1.82) is 10.5 Å². The molecule has 0 fully saturated rings. The summed E-state index contributed by atoms with van der Waals surface area (Å²) >= 11 is 0. The highest BCUT2D eigenvalue weighted by atomic mass is 16.2. The number of carbonyl (C=O) groups excluding carboxylic acids is 1. The summed E-state index contributed by atoms with van der Waals surface area (Å²) in [6.45, 7) is 0. The maximum atomic E-state index is 11.5. The number of allylic oxidation sites excluding steroid dienone is 1. The Morgan fingerprint density at radius 3 is 2.35 bits per heavy atom. The van der Waals surface area contributed by atoms with Gasteiger partial charge in [0.1, 0.15) is 17.7 Å². The van der Waals surface area contributed by atoms with Crippen LogP contribution in [0.3, 0.4) is 0 Å². The summed E-state index contributed by atoms with van der Waals surface area (Å²) in [6.07, 6.45) is 2.53. The van der Waals surface area contributed by atoms with Gasteiger partial charge in [0.2, 0.25) is 5.91 Å². The smallest absolute Gasteiger partial charge is 0.222 e. The van der Waals surface area contributed by atoms with Crippen LogP contribution in [0.25, 0.3) is 0 Å². The molecule has 102 valence electrons. The lowest BCUT2D eigenvalue weighted by atomic mass is 10.1. The lowest BCUT2D eigenvalue weighted by Gasteiger charge is -2.10. The molecule has 0 atom stereocenters. The van der Waals surface area contributed by atoms with Gasteiger partial charge < -0.3 is 10.2 Å². The van der Waals surface area contributed by atoms with Crippen LogP contribution in [-0.2, 0) is 11.2 Å². The van der Waals surface area contributed by atoms with Crippen molar-refractivity contribution in [3.63, 3.8) is 0 Å². The first-order valence-corrected chi connectivity index (χ1v) is 6.13. The summed E-state index contributed by atoms with van der Waals surface area (Å²) in [5.41, 5.74) is 1.87. The van der Waals surface area contributed by atoms with Gasteiger partial charge in [-0.05, 0) is 24.1 Å². The Labute approximate surface area is 118 Å². The largest absolute Gasteiger partial charge is 0.360 e. The van der Waals surface area contributed by atoms with Crippen molar-refractivity contribution in [1.82, 2.24) is 4.90 Å². The van der Waals surface area contributed by atoms with E-state index >= 15 is 0 Å². The predicted octanol–water partition coefficient (Wildman–Crippen LogP) is 2.05. The molecule has 0 aliphatic heterocycles. The molecule has 0 aliphatic carbocycles. The van der Waals surface area contributed by atoms with Gasteiger partial charge >= 0.3 is 0 Å².